The maximum absolute atomic E-state index is 12.2. The van der Waals surface area contributed by atoms with Crippen LogP contribution in [0, 0.1) is 5.41 Å². The summed E-state index contributed by atoms with van der Waals surface area (Å²) in [6.07, 6.45) is 1.23. The van der Waals surface area contributed by atoms with E-state index in [1.54, 1.807) is 4.90 Å². The first-order chi connectivity index (χ1) is 9.87. The van der Waals surface area contributed by atoms with E-state index in [-0.39, 0.29) is 11.4 Å². The number of likely N-dealkylation sites (tertiary alicyclic amines) is 1. The highest BCUT2D eigenvalue weighted by Crippen LogP contribution is 2.28. The number of urea groups is 1. The molecule has 2 N–H and O–H groups in total. The summed E-state index contributed by atoms with van der Waals surface area (Å²) in [6, 6.07) is 8.14. The molecule has 0 spiro atoms. The molecule has 0 saturated carbocycles. The Labute approximate surface area is 125 Å². The van der Waals surface area contributed by atoms with Gasteiger partial charge >= 0.3 is 12.0 Å². The molecule has 1 aliphatic heterocycles. The van der Waals surface area contributed by atoms with Crippen molar-refractivity contribution >= 4 is 12.0 Å². The minimum absolute atomic E-state index is 0.107. The van der Waals surface area contributed by atoms with Gasteiger partial charge in [-0.1, -0.05) is 44.2 Å². The highest BCUT2D eigenvalue weighted by molar-refractivity contribution is 5.83. The average molecular weight is 290 g/mol. The number of carbonyl (C=O) groups excluding carboxylic acids is 1. The van der Waals surface area contributed by atoms with E-state index in [1.165, 1.54) is 0 Å². The van der Waals surface area contributed by atoms with Crippen LogP contribution in [-0.4, -0.2) is 41.1 Å². The number of aliphatic carboxylic acids is 1. The first kappa shape index (κ1) is 15.4. The van der Waals surface area contributed by atoms with Gasteiger partial charge in [-0.25, -0.2) is 9.59 Å². The Morgan fingerprint density at radius 2 is 2.00 bits per heavy atom. The van der Waals surface area contributed by atoms with E-state index < -0.39 is 12.0 Å². The van der Waals surface area contributed by atoms with E-state index >= 15 is 0 Å². The molecule has 1 fully saturated rings. The van der Waals surface area contributed by atoms with Crippen molar-refractivity contribution in [2.45, 2.75) is 32.7 Å². The van der Waals surface area contributed by atoms with Crippen molar-refractivity contribution in [1.29, 1.82) is 0 Å². The maximum Gasteiger partial charge on any atom is 0.326 e. The largest absolute Gasteiger partial charge is 0.480 e. The van der Waals surface area contributed by atoms with Crippen molar-refractivity contribution in [2.24, 2.45) is 5.41 Å². The van der Waals surface area contributed by atoms with Gasteiger partial charge in [-0.05, 0) is 17.4 Å². The fourth-order valence-electron chi connectivity index (χ4n) is 2.58. The fourth-order valence-corrected chi connectivity index (χ4v) is 2.58. The van der Waals surface area contributed by atoms with Gasteiger partial charge in [0, 0.05) is 19.5 Å². The van der Waals surface area contributed by atoms with Crippen LogP contribution >= 0.6 is 0 Å². The Morgan fingerprint density at radius 3 is 2.52 bits per heavy atom. The summed E-state index contributed by atoms with van der Waals surface area (Å²) in [6.45, 7) is 5.56. The standard InChI is InChI=1S/C16H22N2O3/c1-16(2)8-9-18(11-16)15(21)17-13(14(19)20)10-12-6-4-3-5-7-12/h3-7,13H,8-11H2,1-2H3,(H,17,21)(H,19,20). The third-order valence-electron chi connectivity index (χ3n) is 3.84. The zero-order valence-electron chi connectivity index (χ0n) is 12.5. The summed E-state index contributed by atoms with van der Waals surface area (Å²) < 4.78 is 0. The van der Waals surface area contributed by atoms with Gasteiger partial charge in [-0.3, -0.25) is 0 Å². The lowest BCUT2D eigenvalue weighted by atomic mass is 9.93. The summed E-state index contributed by atoms with van der Waals surface area (Å²) in [5, 5.41) is 11.9. The van der Waals surface area contributed by atoms with Crippen LogP contribution in [0.15, 0.2) is 30.3 Å². The van der Waals surface area contributed by atoms with E-state index in [4.69, 9.17) is 0 Å². The van der Waals surface area contributed by atoms with Crippen LogP contribution in [0.4, 0.5) is 4.79 Å². The molecular formula is C16H22N2O3. The van der Waals surface area contributed by atoms with Gasteiger partial charge in [0.1, 0.15) is 6.04 Å². The second-order valence-electron chi connectivity index (χ2n) is 6.37. The first-order valence-corrected chi connectivity index (χ1v) is 7.19. The number of nitrogens with zero attached hydrogens (tertiary/aromatic N) is 1. The number of nitrogens with one attached hydrogen (secondary N) is 1. The van der Waals surface area contributed by atoms with Crippen LogP contribution < -0.4 is 5.32 Å². The van der Waals surface area contributed by atoms with Gasteiger partial charge in [0.15, 0.2) is 0 Å². The molecule has 1 unspecified atom stereocenters. The molecule has 0 radical (unpaired) electrons. The predicted octanol–water partition coefficient (Wildman–Crippen LogP) is 2.12. The normalized spacial score (nSPS) is 18.3. The molecular weight excluding hydrogens is 268 g/mol. The number of carboxylic acids is 1. The molecule has 21 heavy (non-hydrogen) atoms. The molecule has 2 rings (SSSR count). The Kier molecular flexibility index (Phi) is 4.50. The molecule has 2 amide bonds. The summed E-state index contributed by atoms with van der Waals surface area (Å²) in [7, 11) is 0. The van der Waals surface area contributed by atoms with Gasteiger partial charge in [0.05, 0.1) is 0 Å². The Hall–Kier alpha value is -2.04. The molecule has 1 aromatic rings. The predicted molar refractivity (Wildman–Crippen MR) is 80.1 cm³/mol. The Bertz CT molecular complexity index is 514. The molecule has 1 saturated heterocycles. The molecule has 5 nitrogen and oxygen atoms in total. The third-order valence-corrected chi connectivity index (χ3v) is 3.84. The van der Waals surface area contributed by atoms with Crippen LogP contribution in [0.25, 0.3) is 0 Å². The lowest BCUT2D eigenvalue weighted by Gasteiger charge is -2.22. The van der Waals surface area contributed by atoms with Crippen LogP contribution in [-0.2, 0) is 11.2 Å². The number of carboxylic acid groups (broad SMARTS) is 1. The van der Waals surface area contributed by atoms with Gasteiger partial charge < -0.3 is 15.3 Å². The van der Waals surface area contributed by atoms with Crippen LogP contribution in [0.2, 0.25) is 0 Å². The quantitative estimate of drug-likeness (QED) is 0.892. The molecule has 114 valence electrons. The summed E-state index contributed by atoms with van der Waals surface area (Å²) in [5.41, 5.74) is 1.00. The number of hydrogen-bond acceptors (Lipinski definition) is 2. The van der Waals surface area contributed by atoms with Gasteiger partial charge in [-0.2, -0.15) is 0 Å². The van der Waals surface area contributed by atoms with Crippen molar-refractivity contribution in [1.82, 2.24) is 10.2 Å². The zero-order chi connectivity index (χ0) is 15.5. The van der Waals surface area contributed by atoms with E-state index in [0.717, 1.165) is 12.0 Å². The van der Waals surface area contributed by atoms with Crippen molar-refractivity contribution in [3.8, 4) is 0 Å². The molecule has 1 atom stereocenters. The first-order valence-electron chi connectivity index (χ1n) is 7.19. The van der Waals surface area contributed by atoms with E-state index in [0.29, 0.717) is 19.5 Å². The number of carbonyl (C=O) groups is 2. The second kappa shape index (κ2) is 6.16. The van der Waals surface area contributed by atoms with Gasteiger partial charge in [-0.15, -0.1) is 0 Å². The number of rotatable bonds is 4. The summed E-state index contributed by atoms with van der Waals surface area (Å²) in [5.74, 6) is -1.01. The van der Waals surface area contributed by atoms with Crippen LogP contribution in [0.5, 0.6) is 0 Å². The lowest BCUT2D eigenvalue weighted by Crippen LogP contribution is -2.48. The monoisotopic (exact) mass is 290 g/mol. The molecule has 1 aliphatic rings. The Balaban J connectivity index is 1.97. The SMILES string of the molecule is CC1(C)CCN(C(=O)NC(Cc2ccccc2)C(=O)O)C1. The van der Waals surface area contributed by atoms with E-state index in [1.807, 2.05) is 30.3 Å². The molecule has 0 bridgehead atoms. The fraction of sp³-hybridized carbons (Fsp3) is 0.500. The van der Waals surface area contributed by atoms with Crippen LogP contribution in [0.3, 0.4) is 0 Å². The number of amides is 2. The van der Waals surface area contributed by atoms with Crippen molar-refractivity contribution in [3.63, 3.8) is 0 Å². The minimum atomic E-state index is -1.01. The number of benzene rings is 1. The Morgan fingerprint density at radius 1 is 1.33 bits per heavy atom. The van der Waals surface area contributed by atoms with Gasteiger partial charge in [0.2, 0.25) is 0 Å². The molecule has 1 heterocycles. The second-order valence-corrected chi connectivity index (χ2v) is 6.37. The zero-order valence-corrected chi connectivity index (χ0v) is 12.5. The summed E-state index contributed by atoms with van der Waals surface area (Å²) >= 11 is 0. The third kappa shape index (κ3) is 4.21. The molecule has 5 heteroatoms. The van der Waals surface area contributed by atoms with Crippen LogP contribution in [0.1, 0.15) is 25.8 Å². The van der Waals surface area contributed by atoms with Crippen molar-refractivity contribution in [3.05, 3.63) is 35.9 Å². The van der Waals surface area contributed by atoms with E-state index in [2.05, 4.69) is 19.2 Å². The van der Waals surface area contributed by atoms with Crippen molar-refractivity contribution < 1.29 is 14.7 Å². The smallest absolute Gasteiger partial charge is 0.326 e. The lowest BCUT2D eigenvalue weighted by molar-refractivity contribution is -0.139. The number of hydrogen-bond donors (Lipinski definition) is 2. The highest BCUT2D eigenvalue weighted by Gasteiger charge is 2.33. The molecule has 0 aliphatic carbocycles. The van der Waals surface area contributed by atoms with Crippen molar-refractivity contribution in [2.75, 3.05) is 13.1 Å². The average Bonchev–Trinajstić information content (AvgIpc) is 2.79. The van der Waals surface area contributed by atoms with Gasteiger partial charge in [0.25, 0.3) is 0 Å². The molecule has 1 aromatic carbocycles. The maximum atomic E-state index is 12.2. The highest BCUT2D eigenvalue weighted by atomic mass is 16.4. The minimum Gasteiger partial charge on any atom is -0.480 e. The van der Waals surface area contributed by atoms with E-state index in [9.17, 15) is 14.7 Å². The molecule has 0 aromatic heterocycles. The topological polar surface area (TPSA) is 69.6 Å². The summed E-state index contributed by atoms with van der Waals surface area (Å²) in [4.78, 5) is 25.2.